The van der Waals surface area contributed by atoms with Crippen LogP contribution in [0.2, 0.25) is 0 Å². The molecule has 0 bridgehead atoms. The fraction of sp³-hybridized carbons (Fsp3) is 0.467. The Hall–Kier alpha value is -2.24. The van der Waals surface area contributed by atoms with Crippen LogP contribution in [0.25, 0.3) is 0 Å². The van der Waals surface area contributed by atoms with Crippen molar-refractivity contribution in [2.45, 2.75) is 32.6 Å². The molecule has 6 heteroatoms. The number of anilines is 1. The molecule has 0 spiro atoms. The third kappa shape index (κ3) is 3.45. The Bertz CT molecular complexity index is 547. The van der Waals surface area contributed by atoms with Gasteiger partial charge in [0.2, 0.25) is 0 Å². The smallest absolute Gasteiger partial charge is 0.339 e. The zero-order chi connectivity index (χ0) is 15.5. The molecule has 0 saturated heterocycles. The van der Waals surface area contributed by atoms with E-state index in [-0.39, 0.29) is 22.8 Å². The molecule has 4 N–H and O–H groups in total. The van der Waals surface area contributed by atoms with E-state index in [0.29, 0.717) is 12.2 Å². The predicted octanol–water partition coefficient (Wildman–Crippen LogP) is 2.79. The van der Waals surface area contributed by atoms with Crippen molar-refractivity contribution in [3.63, 3.8) is 0 Å². The summed E-state index contributed by atoms with van der Waals surface area (Å²) >= 11 is 0. The Labute approximate surface area is 123 Å². The molecule has 1 aliphatic carbocycles. The monoisotopic (exact) mass is 292 g/mol. The van der Waals surface area contributed by atoms with E-state index in [4.69, 9.17) is 5.11 Å². The molecule has 0 atom stereocenters. The van der Waals surface area contributed by atoms with Crippen LogP contribution in [0.15, 0.2) is 18.2 Å². The summed E-state index contributed by atoms with van der Waals surface area (Å²) < 4.78 is 0. The SMILES string of the molecule is CCC1(CNC(=O)Nc2ccc(O)c(C(=O)O)c2)CCC1. The predicted molar refractivity (Wildman–Crippen MR) is 78.7 cm³/mol. The van der Waals surface area contributed by atoms with Crippen LogP contribution in [0.3, 0.4) is 0 Å². The minimum atomic E-state index is -1.24. The highest BCUT2D eigenvalue weighted by Gasteiger charge is 2.35. The van der Waals surface area contributed by atoms with Crippen molar-refractivity contribution in [3.05, 3.63) is 23.8 Å². The van der Waals surface area contributed by atoms with E-state index < -0.39 is 5.97 Å². The van der Waals surface area contributed by atoms with E-state index >= 15 is 0 Å². The van der Waals surface area contributed by atoms with E-state index in [1.807, 2.05) is 0 Å². The maximum absolute atomic E-state index is 11.8. The van der Waals surface area contributed by atoms with Crippen LogP contribution in [0, 0.1) is 5.41 Å². The van der Waals surface area contributed by atoms with Gasteiger partial charge < -0.3 is 20.8 Å². The standard InChI is InChI=1S/C15H20N2O4/c1-2-15(6-3-7-15)9-16-14(21)17-10-4-5-12(18)11(8-10)13(19)20/h4-5,8,18H,2-3,6-7,9H2,1H3,(H,19,20)(H2,16,17,21). The maximum atomic E-state index is 11.8. The first kappa shape index (κ1) is 15.2. The van der Waals surface area contributed by atoms with Gasteiger partial charge in [-0.25, -0.2) is 9.59 Å². The molecule has 1 aliphatic rings. The number of carboxylic acids is 1. The molecule has 21 heavy (non-hydrogen) atoms. The van der Waals surface area contributed by atoms with Gasteiger partial charge in [0.25, 0.3) is 0 Å². The Kier molecular flexibility index (Phi) is 4.35. The number of hydrogen-bond acceptors (Lipinski definition) is 3. The number of carbonyl (C=O) groups excluding carboxylic acids is 1. The number of amides is 2. The van der Waals surface area contributed by atoms with Crippen LogP contribution in [-0.4, -0.2) is 28.8 Å². The van der Waals surface area contributed by atoms with Crippen LogP contribution in [0.1, 0.15) is 43.0 Å². The number of hydrogen-bond donors (Lipinski definition) is 4. The lowest BCUT2D eigenvalue weighted by Gasteiger charge is -2.41. The van der Waals surface area contributed by atoms with Gasteiger partial charge in [0, 0.05) is 12.2 Å². The highest BCUT2D eigenvalue weighted by molar-refractivity contribution is 5.95. The minimum absolute atomic E-state index is 0.221. The van der Waals surface area contributed by atoms with Crippen LogP contribution >= 0.6 is 0 Å². The van der Waals surface area contributed by atoms with Crippen molar-refractivity contribution in [1.82, 2.24) is 5.32 Å². The van der Waals surface area contributed by atoms with Gasteiger partial charge in [-0.3, -0.25) is 0 Å². The van der Waals surface area contributed by atoms with Crippen molar-refractivity contribution < 1.29 is 19.8 Å². The molecule has 1 aromatic rings. The Morgan fingerprint density at radius 2 is 2.05 bits per heavy atom. The number of rotatable bonds is 5. The van der Waals surface area contributed by atoms with Crippen LogP contribution in [-0.2, 0) is 0 Å². The number of carboxylic acid groups (broad SMARTS) is 1. The van der Waals surface area contributed by atoms with E-state index in [2.05, 4.69) is 17.6 Å². The number of carbonyl (C=O) groups is 2. The van der Waals surface area contributed by atoms with Gasteiger partial charge in [0.05, 0.1) is 0 Å². The molecule has 114 valence electrons. The average molecular weight is 292 g/mol. The second-order valence-electron chi connectivity index (χ2n) is 5.55. The Morgan fingerprint density at radius 3 is 2.57 bits per heavy atom. The maximum Gasteiger partial charge on any atom is 0.339 e. The fourth-order valence-corrected chi connectivity index (χ4v) is 2.56. The van der Waals surface area contributed by atoms with Gasteiger partial charge >= 0.3 is 12.0 Å². The third-order valence-electron chi connectivity index (χ3n) is 4.27. The lowest BCUT2D eigenvalue weighted by molar-refractivity contribution is 0.0693. The highest BCUT2D eigenvalue weighted by atomic mass is 16.4. The quantitative estimate of drug-likeness (QED) is 0.627. The number of benzene rings is 1. The van der Waals surface area contributed by atoms with Gasteiger partial charge in [-0.15, -0.1) is 0 Å². The van der Waals surface area contributed by atoms with Gasteiger partial charge in [-0.05, 0) is 42.9 Å². The summed E-state index contributed by atoms with van der Waals surface area (Å²) in [7, 11) is 0. The summed E-state index contributed by atoms with van der Waals surface area (Å²) in [6, 6.07) is 3.58. The second kappa shape index (κ2) is 6.03. The van der Waals surface area contributed by atoms with Crippen molar-refractivity contribution in [3.8, 4) is 5.75 Å². The van der Waals surface area contributed by atoms with Gasteiger partial charge in [0.15, 0.2) is 0 Å². The molecule has 1 saturated carbocycles. The van der Waals surface area contributed by atoms with Crippen molar-refractivity contribution >= 4 is 17.7 Å². The van der Waals surface area contributed by atoms with Crippen molar-refractivity contribution in [2.24, 2.45) is 5.41 Å². The number of aromatic hydroxyl groups is 1. The third-order valence-corrected chi connectivity index (χ3v) is 4.27. The number of phenols is 1. The molecule has 6 nitrogen and oxygen atoms in total. The molecular weight excluding hydrogens is 272 g/mol. The van der Waals surface area contributed by atoms with Gasteiger partial charge in [0.1, 0.15) is 11.3 Å². The van der Waals surface area contributed by atoms with Crippen LogP contribution in [0.4, 0.5) is 10.5 Å². The second-order valence-corrected chi connectivity index (χ2v) is 5.55. The van der Waals surface area contributed by atoms with Crippen LogP contribution in [0.5, 0.6) is 5.75 Å². The summed E-state index contributed by atoms with van der Waals surface area (Å²) in [6.07, 6.45) is 4.50. The molecule has 0 aliphatic heterocycles. The first-order valence-electron chi connectivity index (χ1n) is 7.07. The number of aromatic carboxylic acids is 1. The lowest BCUT2D eigenvalue weighted by atomic mass is 9.67. The summed E-state index contributed by atoms with van der Waals surface area (Å²) in [4.78, 5) is 22.8. The molecule has 2 rings (SSSR count). The average Bonchev–Trinajstić information content (AvgIpc) is 2.40. The van der Waals surface area contributed by atoms with E-state index in [9.17, 15) is 14.7 Å². The van der Waals surface area contributed by atoms with Crippen molar-refractivity contribution in [2.75, 3.05) is 11.9 Å². The highest BCUT2D eigenvalue weighted by Crippen LogP contribution is 2.43. The fourth-order valence-electron chi connectivity index (χ4n) is 2.56. The largest absolute Gasteiger partial charge is 0.507 e. The van der Waals surface area contributed by atoms with E-state index in [0.717, 1.165) is 19.3 Å². The summed E-state index contributed by atoms with van der Waals surface area (Å²) in [5.41, 5.74) is 0.317. The molecular formula is C15H20N2O4. The Balaban J connectivity index is 1.93. The molecule has 0 unspecified atom stereocenters. The van der Waals surface area contributed by atoms with Gasteiger partial charge in [-0.2, -0.15) is 0 Å². The van der Waals surface area contributed by atoms with E-state index in [1.165, 1.54) is 24.6 Å². The summed E-state index contributed by atoms with van der Waals surface area (Å²) in [5.74, 6) is -1.57. The molecule has 0 heterocycles. The van der Waals surface area contributed by atoms with E-state index in [1.54, 1.807) is 0 Å². The number of nitrogens with one attached hydrogen (secondary N) is 2. The lowest BCUT2D eigenvalue weighted by Crippen LogP contribution is -2.43. The Morgan fingerprint density at radius 1 is 1.33 bits per heavy atom. The summed E-state index contributed by atoms with van der Waals surface area (Å²) in [6.45, 7) is 2.75. The zero-order valence-corrected chi connectivity index (χ0v) is 12.0. The topological polar surface area (TPSA) is 98.7 Å². The minimum Gasteiger partial charge on any atom is -0.507 e. The number of urea groups is 1. The van der Waals surface area contributed by atoms with Crippen LogP contribution < -0.4 is 10.6 Å². The van der Waals surface area contributed by atoms with Gasteiger partial charge in [-0.1, -0.05) is 13.3 Å². The first-order chi connectivity index (χ1) is 9.96. The molecule has 1 fully saturated rings. The molecule has 0 radical (unpaired) electrons. The van der Waals surface area contributed by atoms with Crippen molar-refractivity contribution in [1.29, 1.82) is 0 Å². The zero-order valence-electron chi connectivity index (χ0n) is 12.0. The molecule has 0 aromatic heterocycles. The first-order valence-corrected chi connectivity index (χ1v) is 7.07. The normalized spacial score (nSPS) is 15.9. The molecule has 1 aromatic carbocycles. The molecule has 2 amide bonds. The summed E-state index contributed by atoms with van der Waals surface area (Å²) in [5, 5.41) is 23.7.